The van der Waals surface area contributed by atoms with Crippen LogP contribution in [-0.2, 0) is 24.3 Å². The average molecular weight is 664 g/mol. The fourth-order valence-electron chi connectivity index (χ4n) is 4.46. The van der Waals surface area contributed by atoms with E-state index in [4.69, 9.17) is 16.3 Å². The van der Waals surface area contributed by atoms with Gasteiger partial charge in [-0.1, -0.05) is 35.9 Å². The summed E-state index contributed by atoms with van der Waals surface area (Å²) in [7, 11) is 1.05. The molecule has 1 saturated heterocycles. The third kappa shape index (κ3) is 8.23. The molecule has 15 nitrogen and oxygen atoms in total. The van der Waals surface area contributed by atoms with E-state index in [9.17, 15) is 33.3 Å². The van der Waals surface area contributed by atoms with Crippen LogP contribution in [0.5, 0.6) is 0 Å². The molecule has 0 radical (unpaired) electrons. The number of nitrogens with one attached hydrogen (secondary N) is 2. The van der Waals surface area contributed by atoms with Crippen LogP contribution in [-0.4, -0.2) is 119 Å². The van der Waals surface area contributed by atoms with E-state index in [1.807, 2.05) is 11.9 Å². The SMILES string of the molecule is CN1CCN(C(OC(C(=O)O)C(O)C(=O)O)c2ccc(Nc3ncc(Cl)c(Nc4ccccc4S(=O)(=O)N(C)C)n3)cc2)CC1. The van der Waals surface area contributed by atoms with Crippen molar-refractivity contribution in [2.24, 2.45) is 0 Å². The molecule has 0 amide bonds. The summed E-state index contributed by atoms with van der Waals surface area (Å²) < 4.78 is 32.5. The van der Waals surface area contributed by atoms with Gasteiger partial charge in [0.05, 0.1) is 11.9 Å². The molecule has 1 fully saturated rings. The van der Waals surface area contributed by atoms with Gasteiger partial charge in [0, 0.05) is 46.0 Å². The summed E-state index contributed by atoms with van der Waals surface area (Å²) in [4.78, 5) is 35.8. The van der Waals surface area contributed by atoms with Gasteiger partial charge in [-0.05, 0) is 36.9 Å². The number of likely N-dealkylation sites (N-methyl/N-ethyl adjacent to an activating group) is 1. The fraction of sp³-hybridized carbons (Fsp3) is 0.357. The molecule has 2 heterocycles. The molecule has 2 aromatic carbocycles. The van der Waals surface area contributed by atoms with Gasteiger partial charge in [-0.3, -0.25) is 4.90 Å². The lowest BCUT2D eigenvalue weighted by Crippen LogP contribution is -2.50. The minimum Gasteiger partial charge on any atom is -0.479 e. The molecule has 0 spiro atoms. The second-order valence-corrected chi connectivity index (χ2v) is 12.9. The van der Waals surface area contributed by atoms with Crippen molar-refractivity contribution in [1.82, 2.24) is 24.1 Å². The molecule has 3 aromatic rings. The summed E-state index contributed by atoms with van der Waals surface area (Å²) in [5.41, 5.74) is 1.34. The Hall–Kier alpha value is -3.90. The van der Waals surface area contributed by atoms with Crippen molar-refractivity contribution in [2.45, 2.75) is 23.3 Å². The minimum absolute atomic E-state index is 0.0351. The molecule has 1 aliphatic heterocycles. The number of aliphatic hydroxyl groups is 1. The highest BCUT2D eigenvalue weighted by molar-refractivity contribution is 7.89. The zero-order chi connectivity index (χ0) is 32.9. The van der Waals surface area contributed by atoms with Gasteiger partial charge in [-0.25, -0.2) is 27.3 Å². The quantitative estimate of drug-likeness (QED) is 0.178. The lowest BCUT2D eigenvalue weighted by atomic mass is 10.1. The van der Waals surface area contributed by atoms with Crippen LogP contribution >= 0.6 is 11.6 Å². The lowest BCUT2D eigenvalue weighted by molar-refractivity contribution is -0.190. The second kappa shape index (κ2) is 14.5. The predicted octanol–water partition coefficient (Wildman–Crippen LogP) is 2.03. The number of carbonyl (C=O) groups is 2. The minimum atomic E-state index is -3.77. The second-order valence-electron chi connectivity index (χ2n) is 10.4. The Kier molecular flexibility index (Phi) is 10.9. The van der Waals surface area contributed by atoms with Gasteiger partial charge in [-0.15, -0.1) is 0 Å². The van der Waals surface area contributed by atoms with Crippen molar-refractivity contribution in [3.05, 3.63) is 65.3 Å². The van der Waals surface area contributed by atoms with E-state index < -0.39 is 40.4 Å². The molecule has 0 saturated carbocycles. The fourth-order valence-corrected chi connectivity index (χ4v) is 5.64. The van der Waals surface area contributed by atoms with E-state index in [1.54, 1.807) is 42.5 Å². The van der Waals surface area contributed by atoms with E-state index >= 15 is 0 Å². The zero-order valence-corrected chi connectivity index (χ0v) is 26.2. The number of piperazine rings is 1. The maximum Gasteiger partial charge on any atom is 0.336 e. The van der Waals surface area contributed by atoms with E-state index in [-0.39, 0.29) is 27.4 Å². The first kappa shape index (κ1) is 34.0. The highest BCUT2D eigenvalue weighted by Crippen LogP contribution is 2.31. The molecule has 5 N–H and O–H groups in total. The number of aliphatic carboxylic acids is 2. The Morgan fingerprint density at radius 3 is 2.24 bits per heavy atom. The molecule has 17 heteroatoms. The number of carboxylic acids is 2. The Morgan fingerprint density at radius 1 is 1.00 bits per heavy atom. The topological polar surface area (TPSA) is 198 Å². The van der Waals surface area contributed by atoms with Crippen LogP contribution in [0, 0.1) is 0 Å². The number of carboxylic acid groups (broad SMARTS) is 2. The van der Waals surface area contributed by atoms with Crippen LogP contribution in [0.1, 0.15) is 11.8 Å². The van der Waals surface area contributed by atoms with Crippen molar-refractivity contribution in [1.29, 1.82) is 0 Å². The van der Waals surface area contributed by atoms with Crippen molar-refractivity contribution in [2.75, 3.05) is 58.0 Å². The highest BCUT2D eigenvalue weighted by Gasteiger charge is 2.38. The third-order valence-corrected chi connectivity index (χ3v) is 9.17. The molecule has 242 valence electrons. The Morgan fingerprint density at radius 2 is 1.64 bits per heavy atom. The number of aliphatic hydroxyl groups excluding tert-OH is 1. The van der Waals surface area contributed by atoms with Crippen molar-refractivity contribution < 1.29 is 38.1 Å². The Labute approximate surface area is 265 Å². The number of sulfonamides is 1. The van der Waals surface area contributed by atoms with Crippen molar-refractivity contribution >= 4 is 56.7 Å². The summed E-state index contributed by atoms with van der Waals surface area (Å²) in [6, 6.07) is 13.0. The van der Waals surface area contributed by atoms with Gasteiger partial charge in [0.15, 0.2) is 18.0 Å². The number of aromatic nitrogens is 2. The molecular weight excluding hydrogens is 630 g/mol. The van der Waals surface area contributed by atoms with Crippen molar-refractivity contribution in [3.8, 4) is 0 Å². The number of para-hydroxylation sites is 1. The standard InChI is InChI=1S/C28H34ClN7O8S/c1-34(2)45(42,43)21-7-5-4-6-20(21)32-24-19(29)16-30-28(33-24)31-18-10-8-17(9-11-18)25(36-14-12-35(3)13-15-36)44-23(27(40)41)22(37)26(38)39/h4-11,16,22-23,25,37H,12-15H2,1-3H3,(H,38,39)(H,40,41)(H2,30,31,32,33). The molecule has 0 bridgehead atoms. The normalized spacial score (nSPS) is 16.6. The number of anilines is 4. The Balaban J connectivity index is 1.57. The maximum atomic E-state index is 12.8. The van der Waals surface area contributed by atoms with Gasteiger partial charge < -0.3 is 35.6 Å². The van der Waals surface area contributed by atoms with E-state index in [0.29, 0.717) is 37.4 Å². The van der Waals surface area contributed by atoms with Crippen LogP contribution in [0.2, 0.25) is 5.02 Å². The van der Waals surface area contributed by atoms with Crippen LogP contribution in [0.15, 0.2) is 59.6 Å². The summed E-state index contributed by atoms with van der Waals surface area (Å²) in [6.45, 7) is 2.39. The number of ether oxygens (including phenoxy) is 1. The van der Waals surface area contributed by atoms with Crippen LogP contribution in [0.4, 0.5) is 23.1 Å². The molecule has 3 atom stereocenters. The monoisotopic (exact) mass is 663 g/mol. The molecule has 4 rings (SSSR count). The van der Waals surface area contributed by atoms with Crippen LogP contribution in [0.3, 0.4) is 0 Å². The molecule has 3 unspecified atom stereocenters. The van der Waals surface area contributed by atoms with E-state index in [1.165, 1.54) is 26.4 Å². The van der Waals surface area contributed by atoms with E-state index in [0.717, 1.165) is 4.31 Å². The molecule has 45 heavy (non-hydrogen) atoms. The predicted molar refractivity (Wildman–Crippen MR) is 165 cm³/mol. The molecule has 1 aromatic heterocycles. The number of rotatable bonds is 13. The maximum absolute atomic E-state index is 12.8. The number of halogens is 1. The van der Waals surface area contributed by atoms with Gasteiger partial charge in [0.2, 0.25) is 16.0 Å². The molecular formula is C28H34ClN7O8S. The highest BCUT2D eigenvalue weighted by atomic mass is 35.5. The largest absolute Gasteiger partial charge is 0.479 e. The molecule has 1 aliphatic rings. The number of hydrogen-bond acceptors (Lipinski definition) is 12. The summed E-state index contributed by atoms with van der Waals surface area (Å²) >= 11 is 6.33. The van der Waals surface area contributed by atoms with Gasteiger partial charge in [-0.2, -0.15) is 4.98 Å². The number of nitrogens with zero attached hydrogens (tertiary/aromatic N) is 5. The van der Waals surface area contributed by atoms with Gasteiger partial charge in [0.25, 0.3) is 0 Å². The lowest BCUT2D eigenvalue weighted by Gasteiger charge is -2.39. The number of benzene rings is 2. The summed E-state index contributed by atoms with van der Waals surface area (Å²) in [5.74, 6) is -3.01. The number of hydrogen-bond donors (Lipinski definition) is 5. The zero-order valence-electron chi connectivity index (χ0n) is 24.7. The smallest absolute Gasteiger partial charge is 0.336 e. The van der Waals surface area contributed by atoms with Crippen molar-refractivity contribution in [3.63, 3.8) is 0 Å². The first-order valence-corrected chi connectivity index (χ1v) is 15.5. The third-order valence-electron chi connectivity index (χ3n) is 7.02. The van der Waals surface area contributed by atoms with E-state index in [2.05, 4.69) is 25.5 Å². The van der Waals surface area contributed by atoms with Gasteiger partial charge >= 0.3 is 11.9 Å². The van der Waals surface area contributed by atoms with Gasteiger partial charge in [0.1, 0.15) is 16.1 Å². The van der Waals surface area contributed by atoms with Crippen LogP contribution < -0.4 is 10.6 Å². The summed E-state index contributed by atoms with van der Waals surface area (Å²) in [5, 5.41) is 35.0. The average Bonchev–Trinajstić information content (AvgIpc) is 3.00. The molecule has 0 aliphatic carbocycles. The first-order chi connectivity index (χ1) is 21.3. The summed E-state index contributed by atoms with van der Waals surface area (Å²) in [6.07, 6.45) is -3.87. The van der Waals surface area contributed by atoms with Crippen LogP contribution in [0.25, 0.3) is 0 Å². The first-order valence-electron chi connectivity index (χ1n) is 13.7. The Bertz CT molecular complexity index is 1620.